The molecule has 5 heteroatoms. The molecule has 0 aromatic carbocycles. The second-order valence-corrected chi connectivity index (χ2v) is 5.08. The van der Waals surface area contributed by atoms with Crippen molar-refractivity contribution in [1.82, 2.24) is 14.5 Å². The van der Waals surface area contributed by atoms with E-state index < -0.39 is 5.97 Å². The lowest BCUT2D eigenvalue weighted by molar-refractivity contribution is -0.137. The third kappa shape index (κ3) is 2.59. The second-order valence-electron chi connectivity index (χ2n) is 5.08. The Morgan fingerprint density at radius 1 is 1.42 bits per heavy atom. The molecule has 2 aromatic rings. The predicted octanol–water partition coefficient (Wildman–Crippen LogP) is 2.56. The van der Waals surface area contributed by atoms with Gasteiger partial charge >= 0.3 is 5.97 Å². The van der Waals surface area contributed by atoms with Gasteiger partial charge in [-0.3, -0.25) is 4.79 Å². The molecule has 1 N–H and O–H groups in total. The molecule has 1 aliphatic carbocycles. The van der Waals surface area contributed by atoms with Gasteiger partial charge in [-0.05, 0) is 37.8 Å². The highest BCUT2D eigenvalue weighted by molar-refractivity contribution is 5.71. The Morgan fingerprint density at radius 2 is 2.26 bits per heavy atom. The fraction of sp³-hybridized carbons (Fsp3) is 0.500. The molecule has 2 aromatic heterocycles. The molecule has 100 valence electrons. The molecule has 0 spiro atoms. The van der Waals surface area contributed by atoms with Crippen molar-refractivity contribution in [2.24, 2.45) is 0 Å². The van der Waals surface area contributed by atoms with Crippen LogP contribution in [0.2, 0.25) is 0 Å². The number of carboxylic acid groups (broad SMARTS) is 1. The van der Waals surface area contributed by atoms with Gasteiger partial charge < -0.3 is 9.67 Å². The Morgan fingerprint density at radius 3 is 3.00 bits per heavy atom. The number of pyridine rings is 1. The summed E-state index contributed by atoms with van der Waals surface area (Å²) in [5.41, 5.74) is 1.92. The molecule has 0 radical (unpaired) electrons. The minimum atomic E-state index is -0.725. The maximum Gasteiger partial charge on any atom is 0.303 e. The van der Waals surface area contributed by atoms with E-state index in [9.17, 15) is 4.79 Å². The zero-order chi connectivity index (χ0) is 13.2. The fourth-order valence-electron chi connectivity index (χ4n) is 2.43. The summed E-state index contributed by atoms with van der Waals surface area (Å²) in [6.45, 7) is 0. The van der Waals surface area contributed by atoms with Gasteiger partial charge in [0.1, 0.15) is 11.3 Å². The van der Waals surface area contributed by atoms with E-state index in [0.717, 1.165) is 29.8 Å². The highest BCUT2D eigenvalue weighted by Crippen LogP contribution is 2.38. The second kappa shape index (κ2) is 4.99. The van der Waals surface area contributed by atoms with Crippen LogP contribution in [-0.2, 0) is 11.2 Å². The number of aryl methyl sites for hydroxylation is 1. The molecule has 0 amide bonds. The highest BCUT2D eigenvalue weighted by atomic mass is 16.4. The lowest BCUT2D eigenvalue weighted by Crippen LogP contribution is -2.03. The Labute approximate surface area is 111 Å². The van der Waals surface area contributed by atoms with Gasteiger partial charge in [-0.2, -0.15) is 0 Å². The number of carbonyl (C=O) groups is 1. The number of imidazole rings is 1. The molecule has 0 unspecified atom stereocenters. The van der Waals surface area contributed by atoms with E-state index >= 15 is 0 Å². The molecule has 1 saturated carbocycles. The van der Waals surface area contributed by atoms with Crippen LogP contribution >= 0.6 is 0 Å². The lowest BCUT2D eigenvalue weighted by atomic mass is 10.2. The first kappa shape index (κ1) is 12.1. The van der Waals surface area contributed by atoms with E-state index in [1.807, 2.05) is 12.1 Å². The van der Waals surface area contributed by atoms with E-state index in [2.05, 4.69) is 14.5 Å². The van der Waals surface area contributed by atoms with Gasteiger partial charge in [0.25, 0.3) is 0 Å². The van der Waals surface area contributed by atoms with E-state index in [0.29, 0.717) is 12.5 Å². The van der Waals surface area contributed by atoms with Crippen LogP contribution in [0, 0.1) is 0 Å². The van der Waals surface area contributed by atoms with Gasteiger partial charge in [0.15, 0.2) is 5.65 Å². The van der Waals surface area contributed by atoms with E-state index in [4.69, 9.17) is 5.11 Å². The molecule has 0 aliphatic heterocycles. The average Bonchev–Trinajstić information content (AvgIpc) is 3.15. The summed E-state index contributed by atoms with van der Waals surface area (Å²) in [4.78, 5) is 19.6. The van der Waals surface area contributed by atoms with Crippen molar-refractivity contribution in [3.8, 4) is 0 Å². The summed E-state index contributed by atoms with van der Waals surface area (Å²) in [7, 11) is 0. The fourth-order valence-corrected chi connectivity index (χ4v) is 2.43. The van der Waals surface area contributed by atoms with Crippen LogP contribution in [-0.4, -0.2) is 25.6 Å². The van der Waals surface area contributed by atoms with Crippen LogP contribution in [0.5, 0.6) is 0 Å². The van der Waals surface area contributed by atoms with E-state index in [-0.39, 0.29) is 6.42 Å². The summed E-state index contributed by atoms with van der Waals surface area (Å²) < 4.78 is 2.25. The molecule has 5 nitrogen and oxygen atoms in total. The molecule has 19 heavy (non-hydrogen) atoms. The summed E-state index contributed by atoms with van der Waals surface area (Å²) in [5, 5.41) is 8.65. The first-order valence-electron chi connectivity index (χ1n) is 6.79. The van der Waals surface area contributed by atoms with Crippen molar-refractivity contribution < 1.29 is 9.90 Å². The number of hydrogen-bond donors (Lipinski definition) is 1. The van der Waals surface area contributed by atoms with Gasteiger partial charge in [-0.15, -0.1) is 0 Å². The van der Waals surface area contributed by atoms with Crippen molar-refractivity contribution >= 4 is 17.1 Å². The van der Waals surface area contributed by atoms with Crippen LogP contribution in [0.15, 0.2) is 18.3 Å². The van der Waals surface area contributed by atoms with Crippen molar-refractivity contribution in [3.63, 3.8) is 0 Å². The number of hydrogen-bond acceptors (Lipinski definition) is 3. The summed E-state index contributed by atoms with van der Waals surface area (Å²) in [5.74, 6) is 0.332. The topological polar surface area (TPSA) is 68.0 Å². The molecule has 3 rings (SSSR count). The molecule has 0 saturated heterocycles. The van der Waals surface area contributed by atoms with Crippen molar-refractivity contribution in [2.45, 2.75) is 44.6 Å². The highest BCUT2D eigenvalue weighted by Gasteiger charge is 2.28. The molecular weight excluding hydrogens is 242 g/mol. The number of fused-ring (bicyclic) bond motifs is 1. The van der Waals surface area contributed by atoms with Gasteiger partial charge in [0.05, 0.1) is 0 Å². The van der Waals surface area contributed by atoms with E-state index in [1.54, 1.807) is 6.20 Å². The molecule has 1 aliphatic rings. The van der Waals surface area contributed by atoms with Crippen LogP contribution in [0.3, 0.4) is 0 Å². The number of rotatable bonds is 6. The van der Waals surface area contributed by atoms with Gasteiger partial charge in [0, 0.05) is 25.1 Å². The van der Waals surface area contributed by atoms with Gasteiger partial charge in [-0.25, -0.2) is 9.97 Å². The Kier molecular flexibility index (Phi) is 3.19. The number of nitrogens with zero attached hydrogens (tertiary/aromatic N) is 3. The maximum absolute atomic E-state index is 10.5. The quantitative estimate of drug-likeness (QED) is 0.809. The first-order chi connectivity index (χ1) is 9.25. The minimum Gasteiger partial charge on any atom is -0.481 e. The summed E-state index contributed by atoms with van der Waals surface area (Å²) in [6.07, 6.45) is 6.84. The average molecular weight is 259 g/mol. The molecule has 2 heterocycles. The minimum absolute atomic E-state index is 0.238. The van der Waals surface area contributed by atoms with Gasteiger partial charge in [-0.1, -0.05) is 0 Å². The van der Waals surface area contributed by atoms with Crippen LogP contribution in [0.25, 0.3) is 11.2 Å². The standard InChI is InChI=1S/C14H17N3O2/c18-13(19)6-2-1-5-12-16-11-4-3-9-15-14(11)17(12)10-7-8-10/h3-4,9-10H,1-2,5-8H2,(H,18,19). The van der Waals surface area contributed by atoms with Crippen LogP contribution in [0.1, 0.15) is 44.0 Å². The molecule has 0 bridgehead atoms. The van der Waals surface area contributed by atoms with E-state index in [1.165, 1.54) is 12.8 Å². The largest absolute Gasteiger partial charge is 0.481 e. The predicted molar refractivity (Wildman–Crippen MR) is 71.0 cm³/mol. The number of carboxylic acids is 1. The summed E-state index contributed by atoms with van der Waals surface area (Å²) >= 11 is 0. The number of aromatic nitrogens is 3. The maximum atomic E-state index is 10.5. The normalized spacial score (nSPS) is 14.9. The Bertz CT molecular complexity index is 602. The van der Waals surface area contributed by atoms with Crippen LogP contribution in [0.4, 0.5) is 0 Å². The SMILES string of the molecule is O=C(O)CCCCc1nc2cccnc2n1C1CC1. The molecule has 1 fully saturated rings. The molecular formula is C14H17N3O2. The third-order valence-corrected chi connectivity index (χ3v) is 3.47. The Balaban J connectivity index is 1.78. The smallest absolute Gasteiger partial charge is 0.303 e. The first-order valence-corrected chi connectivity index (χ1v) is 6.79. The van der Waals surface area contributed by atoms with Crippen molar-refractivity contribution in [1.29, 1.82) is 0 Å². The van der Waals surface area contributed by atoms with Crippen LogP contribution < -0.4 is 0 Å². The lowest BCUT2D eigenvalue weighted by Gasteiger charge is -2.06. The zero-order valence-electron chi connectivity index (χ0n) is 10.7. The third-order valence-electron chi connectivity index (χ3n) is 3.47. The van der Waals surface area contributed by atoms with Gasteiger partial charge in [0.2, 0.25) is 0 Å². The van der Waals surface area contributed by atoms with Crippen molar-refractivity contribution in [3.05, 3.63) is 24.2 Å². The number of aliphatic carboxylic acids is 1. The Hall–Kier alpha value is -1.91. The zero-order valence-corrected chi connectivity index (χ0v) is 10.7. The molecule has 0 atom stereocenters. The monoisotopic (exact) mass is 259 g/mol. The van der Waals surface area contributed by atoms with Crippen molar-refractivity contribution in [2.75, 3.05) is 0 Å². The summed E-state index contributed by atoms with van der Waals surface area (Å²) in [6, 6.07) is 4.44. The number of unbranched alkanes of at least 4 members (excludes halogenated alkanes) is 1.